The molecule has 1 fully saturated rings. The van der Waals surface area contributed by atoms with Crippen LogP contribution in [0.3, 0.4) is 0 Å². The molecule has 0 amide bonds. The van der Waals surface area contributed by atoms with E-state index in [0.29, 0.717) is 0 Å². The highest BCUT2D eigenvalue weighted by atomic mass is 32.1. The van der Waals surface area contributed by atoms with Crippen LogP contribution < -0.4 is 0 Å². The van der Waals surface area contributed by atoms with Crippen LogP contribution in [0.5, 0.6) is 0 Å². The van der Waals surface area contributed by atoms with Crippen molar-refractivity contribution in [1.29, 1.82) is 0 Å². The molecule has 6 nitrogen and oxygen atoms in total. The number of aromatic nitrogens is 4. The van der Waals surface area contributed by atoms with Gasteiger partial charge < -0.3 is 5.11 Å². The van der Waals surface area contributed by atoms with Crippen LogP contribution in [-0.2, 0) is 13.5 Å². The minimum Gasteiger partial charge on any atom is -0.374 e. The Hall–Kier alpha value is -3.26. The zero-order valence-electron chi connectivity index (χ0n) is 19.0. The Balaban J connectivity index is 1.18. The molecule has 7 heteroatoms. The van der Waals surface area contributed by atoms with Crippen LogP contribution in [0.4, 0.5) is 0 Å². The van der Waals surface area contributed by atoms with E-state index in [4.69, 9.17) is 5.10 Å². The summed E-state index contributed by atoms with van der Waals surface area (Å²) in [7, 11) is 1.97. The number of likely N-dealkylation sites (tertiary alicyclic amines) is 1. The molecule has 1 saturated heterocycles. The van der Waals surface area contributed by atoms with Crippen molar-refractivity contribution in [3.63, 3.8) is 0 Å². The van der Waals surface area contributed by atoms with Gasteiger partial charge in [-0.15, -0.1) is 11.3 Å². The lowest BCUT2D eigenvalue weighted by Gasteiger charge is -2.22. The lowest BCUT2D eigenvalue weighted by molar-refractivity contribution is 0.0190. The van der Waals surface area contributed by atoms with E-state index in [1.54, 1.807) is 0 Å². The Morgan fingerprint density at radius 2 is 1.82 bits per heavy atom. The number of nitrogens with one attached hydrogen (secondary N) is 1. The summed E-state index contributed by atoms with van der Waals surface area (Å²) in [5.41, 5.74) is 9.11. The Kier molecular flexibility index (Phi) is 4.52. The first-order valence-electron chi connectivity index (χ1n) is 11.8. The van der Waals surface area contributed by atoms with Crippen LogP contribution in [0.25, 0.3) is 43.9 Å². The van der Waals surface area contributed by atoms with Crippen molar-refractivity contribution in [2.75, 3.05) is 13.1 Å². The Bertz CT molecular complexity index is 1520. The van der Waals surface area contributed by atoms with Gasteiger partial charge in [-0.05, 0) is 36.1 Å². The number of rotatable bonds is 4. The van der Waals surface area contributed by atoms with Gasteiger partial charge in [0.15, 0.2) is 0 Å². The largest absolute Gasteiger partial charge is 0.374 e. The molecular weight excluding hydrogens is 442 g/mol. The predicted octanol–water partition coefficient (Wildman–Crippen LogP) is 5.35. The first-order valence-corrected chi connectivity index (χ1v) is 12.6. The van der Waals surface area contributed by atoms with Crippen molar-refractivity contribution in [2.45, 2.75) is 25.5 Å². The number of hydrogen-bond donors (Lipinski definition) is 2. The maximum atomic E-state index is 10.7. The number of aliphatic hydroxyl groups is 1. The molecule has 0 bridgehead atoms. The molecule has 4 heterocycles. The summed E-state index contributed by atoms with van der Waals surface area (Å²) < 4.78 is 1.91. The van der Waals surface area contributed by atoms with Gasteiger partial charge in [0.1, 0.15) is 6.23 Å². The van der Waals surface area contributed by atoms with Crippen molar-refractivity contribution in [3.8, 4) is 33.0 Å². The normalized spacial score (nSPS) is 16.3. The van der Waals surface area contributed by atoms with E-state index < -0.39 is 6.23 Å². The number of aromatic amines is 1. The second kappa shape index (κ2) is 7.63. The van der Waals surface area contributed by atoms with Gasteiger partial charge in [-0.2, -0.15) is 10.2 Å². The smallest absolute Gasteiger partial charge is 0.133 e. The number of aliphatic hydroxyl groups excluding tert-OH is 1. The molecule has 2 N–H and O–H groups in total. The highest BCUT2D eigenvalue weighted by Gasteiger charge is 2.28. The molecule has 0 saturated carbocycles. The number of benzene rings is 2. The second-order valence-electron chi connectivity index (χ2n) is 9.33. The van der Waals surface area contributed by atoms with E-state index in [1.165, 1.54) is 39.3 Å². The van der Waals surface area contributed by atoms with Gasteiger partial charge >= 0.3 is 0 Å². The van der Waals surface area contributed by atoms with Crippen molar-refractivity contribution in [2.24, 2.45) is 7.05 Å². The van der Waals surface area contributed by atoms with Crippen LogP contribution in [-0.4, -0.2) is 43.1 Å². The van der Waals surface area contributed by atoms with Crippen molar-refractivity contribution in [3.05, 3.63) is 70.7 Å². The highest BCUT2D eigenvalue weighted by molar-refractivity contribution is 7.16. The lowest BCUT2D eigenvalue weighted by atomic mass is 10.0. The minimum atomic E-state index is -0.499. The monoisotopic (exact) mass is 467 g/mol. The molecule has 0 spiro atoms. The lowest BCUT2D eigenvalue weighted by Crippen LogP contribution is -2.25. The predicted molar refractivity (Wildman–Crippen MR) is 136 cm³/mol. The Labute approximate surface area is 201 Å². The number of thiophene rings is 1. The molecule has 170 valence electrons. The minimum absolute atomic E-state index is 0.499. The SMILES string of the molecule is Cn1ncc2ccc(-c3n[nH]c4c3Cc3sc(-c5ccc(C(O)N6CCCC6)cc5)cc3-4)cc21. The molecule has 0 radical (unpaired) electrons. The summed E-state index contributed by atoms with van der Waals surface area (Å²) in [6, 6.07) is 17.1. The zero-order chi connectivity index (χ0) is 22.8. The third-order valence-electron chi connectivity index (χ3n) is 7.29. The summed E-state index contributed by atoms with van der Waals surface area (Å²) in [6.45, 7) is 1.95. The number of fused-ring (bicyclic) bond motifs is 4. The van der Waals surface area contributed by atoms with Crippen molar-refractivity contribution >= 4 is 22.2 Å². The Morgan fingerprint density at radius 3 is 2.65 bits per heavy atom. The molecule has 2 aliphatic rings. The fourth-order valence-corrected chi connectivity index (χ4v) is 6.56. The van der Waals surface area contributed by atoms with Crippen LogP contribution in [0.15, 0.2) is 54.7 Å². The summed E-state index contributed by atoms with van der Waals surface area (Å²) in [5, 5.41) is 24.2. The molecule has 3 aromatic heterocycles. The summed E-state index contributed by atoms with van der Waals surface area (Å²) in [4.78, 5) is 4.78. The number of aryl methyl sites for hydroxylation is 1. The first-order chi connectivity index (χ1) is 16.7. The number of nitrogens with zero attached hydrogens (tertiary/aromatic N) is 4. The first kappa shape index (κ1) is 20.1. The van der Waals surface area contributed by atoms with Gasteiger partial charge in [0.05, 0.1) is 23.1 Å². The fraction of sp³-hybridized carbons (Fsp3) is 0.259. The van der Waals surface area contributed by atoms with E-state index in [9.17, 15) is 5.11 Å². The molecule has 2 aromatic carbocycles. The highest BCUT2D eigenvalue weighted by Crippen LogP contribution is 2.46. The molecule has 1 aliphatic carbocycles. The van der Waals surface area contributed by atoms with E-state index in [2.05, 4.69) is 63.6 Å². The average Bonchev–Trinajstić information content (AvgIpc) is 3.67. The standard InChI is InChI=1S/C27H25N5OS/c1-31-22-12-18(8-9-19(22)15-28-31)25-21-14-24-20(26(21)30-29-25)13-23(34-24)16-4-6-17(7-5-16)27(33)32-10-2-3-11-32/h4-9,12-13,15,27,33H,2-3,10-11,14H2,1H3,(H,29,30). The van der Waals surface area contributed by atoms with Crippen LogP contribution in [0, 0.1) is 0 Å². The van der Waals surface area contributed by atoms with Crippen LogP contribution in [0.1, 0.15) is 35.1 Å². The van der Waals surface area contributed by atoms with E-state index >= 15 is 0 Å². The third kappa shape index (κ3) is 3.08. The van der Waals surface area contributed by atoms with Crippen LogP contribution in [0.2, 0.25) is 0 Å². The summed E-state index contributed by atoms with van der Waals surface area (Å²) in [6.07, 6.45) is 4.64. The summed E-state index contributed by atoms with van der Waals surface area (Å²) in [5.74, 6) is 0. The Morgan fingerprint density at radius 1 is 1.03 bits per heavy atom. The second-order valence-corrected chi connectivity index (χ2v) is 10.5. The van der Waals surface area contributed by atoms with E-state index in [1.807, 2.05) is 29.3 Å². The molecule has 1 unspecified atom stereocenters. The van der Waals surface area contributed by atoms with Gasteiger partial charge in [0, 0.05) is 58.4 Å². The number of hydrogen-bond acceptors (Lipinski definition) is 5. The molecule has 5 aromatic rings. The van der Waals surface area contributed by atoms with Gasteiger partial charge in [-0.3, -0.25) is 14.7 Å². The van der Waals surface area contributed by atoms with Gasteiger partial charge in [-0.25, -0.2) is 0 Å². The topological polar surface area (TPSA) is 70.0 Å². The van der Waals surface area contributed by atoms with Gasteiger partial charge in [-0.1, -0.05) is 36.4 Å². The zero-order valence-corrected chi connectivity index (χ0v) is 19.8. The van der Waals surface area contributed by atoms with Crippen LogP contribution >= 0.6 is 11.3 Å². The van der Waals surface area contributed by atoms with Gasteiger partial charge in [0.25, 0.3) is 0 Å². The number of H-pyrrole nitrogens is 1. The van der Waals surface area contributed by atoms with Gasteiger partial charge in [0.2, 0.25) is 0 Å². The van der Waals surface area contributed by atoms with Crippen molar-refractivity contribution in [1.82, 2.24) is 24.9 Å². The third-order valence-corrected chi connectivity index (χ3v) is 8.47. The van der Waals surface area contributed by atoms with E-state index in [0.717, 1.165) is 52.9 Å². The molecule has 1 aliphatic heterocycles. The van der Waals surface area contributed by atoms with Crippen molar-refractivity contribution < 1.29 is 5.11 Å². The molecule has 7 rings (SSSR count). The molecule has 1 atom stereocenters. The summed E-state index contributed by atoms with van der Waals surface area (Å²) >= 11 is 1.85. The maximum absolute atomic E-state index is 10.7. The fourth-order valence-electron chi connectivity index (χ4n) is 5.38. The molecule has 34 heavy (non-hydrogen) atoms. The molecular formula is C27H25N5OS. The quantitative estimate of drug-likeness (QED) is 0.367. The van der Waals surface area contributed by atoms with E-state index in [-0.39, 0.29) is 0 Å². The average molecular weight is 468 g/mol. The maximum Gasteiger partial charge on any atom is 0.133 e.